The van der Waals surface area contributed by atoms with Gasteiger partial charge in [-0.05, 0) is 13.8 Å². The van der Waals surface area contributed by atoms with Gasteiger partial charge in [0.1, 0.15) is 12.2 Å². The Morgan fingerprint density at radius 1 is 1.70 bits per heavy atom. The SMILES string of the molecule is [CH2]OC(C)(C)C1=NCCO1. The van der Waals surface area contributed by atoms with Crippen molar-refractivity contribution in [3.05, 3.63) is 7.11 Å². The second-order valence-electron chi connectivity index (χ2n) is 2.69. The lowest BCUT2D eigenvalue weighted by Gasteiger charge is -2.21. The fourth-order valence-corrected chi connectivity index (χ4v) is 0.761. The van der Waals surface area contributed by atoms with Gasteiger partial charge in [-0.15, -0.1) is 0 Å². The van der Waals surface area contributed by atoms with Crippen LogP contribution in [0, 0.1) is 7.11 Å². The molecule has 1 rings (SSSR count). The first-order valence-corrected chi connectivity index (χ1v) is 3.28. The minimum atomic E-state index is -0.462. The van der Waals surface area contributed by atoms with Crippen molar-refractivity contribution in [2.75, 3.05) is 13.2 Å². The monoisotopic (exact) mass is 142 g/mol. The molecule has 0 aliphatic carbocycles. The van der Waals surface area contributed by atoms with Crippen LogP contribution in [0.2, 0.25) is 0 Å². The third kappa shape index (κ3) is 1.29. The van der Waals surface area contributed by atoms with Gasteiger partial charge in [0.05, 0.1) is 13.7 Å². The van der Waals surface area contributed by atoms with Gasteiger partial charge < -0.3 is 9.47 Å². The number of hydrogen-bond donors (Lipinski definition) is 0. The predicted molar refractivity (Wildman–Crippen MR) is 38.8 cm³/mol. The summed E-state index contributed by atoms with van der Waals surface area (Å²) in [7, 11) is 3.34. The molecule has 0 aromatic heterocycles. The van der Waals surface area contributed by atoms with E-state index in [2.05, 4.69) is 12.1 Å². The molecule has 3 nitrogen and oxygen atoms in total. The van der Waals surface area contributed by atoms with Crippen molar-refractivity contribution in [2.45, 2.75) is 19.4 Å². The highest BCUT2D eigenvalue weighted by molar-refractivity contribution is 5.85. The summed E-state index contributed by atoms with van der Waals surface area (Å²) in [6.45, 7) is 5.17. The van der Waals surface area contributed by atoms with Gasteiger partial charge in [-0.3, -0.25) is 0 Å². The molecule has 0 unspecified atom stereocenters. The first kappa shape index (κ1) is 7.54. The maximum absolute atomic E-state index is 5.19. The Bertz CT molecular complexity index is 152. The van der Waals surface area contributed by atoms with Crippen LogP contribution in [0.25, 0.3) is 0 Å². The summed E-state index contributed by atoms with van der Waals surface area (Å²) in [5, 5.41) is 0. The van der Waals surface area contributed by atoms with Crippen molar-refractivity contribution >= 4 is 5.90 Å². The normalized spacial score (nSPS) is 18.5. The molecule has 3 heteroatoms. The zero-order valence-corrected chi connectivity index (χ0v) is 6.39. The Hall–Kier alpha value is -0.570. The molecular weight excluding hydrogens is 130 g/mol. The number of ether oxygens (including phenoxy) is 2. The van der Waals surface area contributed by atoms with Crippen LogP contribution in [0.4, 0.5) is 0 Å². The van der Waals surface area contributed by atoms with E-state index in [0.717, 1.165) is 6.54 Å². The van der Waals surface area contributed by atoms with Crippen molar-refractivity contribution in [3.63, 3.8) is 0 Å². The molecule has 1 aliphatic heterocycles. The second-order valence-corrected chi connectivity index (χ2v) is 2.69. The van der Waals surface area contributed by atoms with E-state index in [0.29, 0.717) is 12.5 Å². The van der Waals surface area contributed by atoms with E-state index < -0.39 is 5.60 Å². The fraction of sp³-hybridized carbons (Fsp3) is 0.714. The van der Waals surface area contributed by atoms with Gasteiger partial charge in [0.25, 0.3) is 0 Å². The highest BCUT2D eigenvalue weighted by Gasteiger charge is 2.28. The molecule has 0 bridgehead atoms. The minimum Gasteiger partial charge on any atom is -0.477 e. The molecule has 0 aromatic rings. The molecule has 57 valence electrons. The van der Waals surface area contributed by atoms with Gasteiger partial charge in [-0.2, -0.15) is 0 Å². The molecule has 0 saturated heterocycles. The average molecular weight is 142 g/mol. The van der Waals surface area contributed by atoms with Crippen LogP contribution in [0.1, 0.15) is 13.8 Å². The highest BCUT2D eigenvalue weighted by atomic mass is 16.5. The van der Waals surface area contributed by atoms with E-state index in [1.54, 1.807) is 0 Å². The zero-order chi connectivity index (χ0) is 7.61. The third-order valence-corrected chi connectivity index (χ3v) is 1.46. The standard InChI is InChI=1S/C7H12NO2/c1-7(2,9-3)6-8-4-5-10-6/h3-5H2,1-2H3. The fourth-order valence-electron chi connectivity index (χ4n) is 0.761. The van der Waals surface area contributed by atoms with Gasteiger partial charge in [0.2, 0.25) is 5.90 Å². The summed E-state index contributed by atoms with van der Waals surface area (Å²) in [6, 6.07) is 0. The maximum Gasteiger partial charge on any atom is 0.216 e. The van der Waals surface area contributed by atoms with Crippen molar-refractivity contribution in [1.29, 1.82) is 0 Å². The Labute approximate surface area is 61.0 Å². The first-order valence-electron chi connectivity index (χ1n) is 3.28. The van der Waals surface area contributed by atoms with Gasteiger partial charge in [0, 0.05) is 0 Å². The van der Waals surface area contributed by atoms with Crippen molar-refractivity contribution in [2.24, 2.45) is 4.99 Å². The molecule has 0 saturated carbocycles. The average Bonchev–Trinajstić information content (AvgIpc) is 2.38. The molecular formula is C7H12NO2. The Kier molecular flexibility index (Phi) is 1.94. The molecule has 0 fully saturated rings. The van der Waals surface area contributed by atoms with Crippen LogP contribution >= 0.6 is 0 Å². The van der Waals surface area contributed by atoms with Gasteiger partial charge >= 0.3 is 0 Å². The van der Waals surface area contributed by atoms with E-state index in [1.807, 2.05) is 13.8 Å². The lowest BCUT2D eigenvalue weighted by Crippen LogP contribution is -2.33. The molecule has 0 atom stereocenters. The number of hydrogen-bond acceptors (Lipinski definition) is 3. The van der Waals surface area contributed by atoms with E-state index in [1.165, 1.54) is 0 Å². The Morgan fingerprint density at radius 2 is 2.40 bits per heavy atom. The van der Waals surface area contributed by atoms with Crippen LogP contribution in [0.3, 0.4) is 0 Å². The lowest BCUT2D eigenvalue weighted by atomic mass is 10.1. The van der Waals surface area contributed by atoms with Crippen LogP contribution in [0.5, 0.6) is 0 Å². The predicted octanol–water partition coefficient (Wildman–Crippen LogP) is 1.00. The first-order chi connectivity index (χ1) is 4.67. The van der Waals surface area contributed by atoms with Crippen molar-refractivity contribution in [3.8, 4) is 0 Å². The summed E-state index contributed by atoms with van der Waals surface area (Å²) in [5.74, 6) is 0.655. The van der Waals surface area contributed by atoms with E-state index in [9.17, 15) is 0 Å². The number of aliphatic imine (C=N–C) groups is 1. The summed E-state index contributed by atoms with van der Waals surface area (Å²) in [6.07, 6.45) is 0. The smallest absolute Gasteiger partial charge is 0.216 e. The van der Waals surface area contributed by atoms with E-state index in [4.69, 9.17) is 9.47 Å². The summed E-state index contributed by atoms with van der Waals surface area (Å²) in [4.78, 5) is 4.11. The van der Waals surface area contributed by atoms with E-state index in [-0.39, 0.29) is 0 Å². The molecule has 1 heterocycles. The molecule has 1 radical (unpaired) electrons. The second kappa shape index (κ2) is 2.58. The summed E-state index contributed by atoms with van der Waals surface area (Å²) >= 11 is 0. The number of rotatable bonds is 2. The lowest BCUT2D eigenvalue weighted by molar-refractivity contribution is 0.0925. The molecule has 0 aromatic carbocycles. The molecule has 0 spiro atoms. The molecule has 10 heavy (non-hydrogen) atoms. The Morgan fingerprint density at radius 3 is 2.80 bits per heavy atom. The van der Waals surface area contributed by atoms with Gasteiger partial charge in [-0.1, -0.05) is 0 Å². The van der Waals surface area contributed by atoms with Crippen LogP contribution < -0.4 is 0 Å². The van der Waals surface area contributed by atoms with Crippen LogP contribution in [0.15, 0.2) is 4.99 Å². The minimum absolute atomic E-state index is 0.462. The van der Waals surface area contributed by atoms with E-state index >= 15 is 0 Å². The number of nitrogens with zero attached hydrogens (tertiary/aromatic N) is 1. The van der Waals surface area contributed by atoms with Gasteiger partial charge in [-0.25, -0.2) is 4.99 Å². The van der Waals surface area contributed by atoms with Gasteiger partial charge in [0.15, 0.2) is 0 Å². The maximum atomic E-state index is 5.19. The highest BCUT2D eigenvalue weighted by Crippen LogP contribution is 2.14. The zero-order valence-electron chi connectivity index (χ0n) is 6.39. The van der Waals surface area contributed by atoms with Crippen LogP contribution in [-0.2, 0) is 9.47 Å². The molecule has 1 aliphatic rings. The van der Waals surface area contributed by atoms with Crippen LogP contribution in [-0.4, -0.2) is 24.7 Å². The topological polar surface area (TPSA) is 30.8 Å². The molecule has 0 N–H and O–H groups in total. The van der Waals surface area contributed by atoms with Crippen molar-refractivity contribution in [1.82, 2.24) is 0 Å². The van der Waals surface area contributed by atoms with Crippen molar-refractivity contribution < 1.29 is 9.47 Å². The summed E-state index contributed by atoms with van der Waals surface area (Å²) < 4.78 is 10.1. The quantitative estimate of drug-likeness (QED) is 0.576. The Balaban J connectivity index is 2.62. The molecule has 0 amide bonds. The largest absolute Gasteiger partial charge is 0.477 e. The third-order valence-electron chi connectivity index (χ3n) is 1.46. The summed E-state index contributed by atoms with van der Waals surface area (Å²) in [5.41, 5.74) is -0.462.